The van der Waals surface area contributed by atoms with Crippen molar-refractivity contribution in [2.45, 2.75) is 6.42 Å². The highest BCUT2D eigenvalue weighted by atomic mass is 35.5. The maximum absolute atomic E-state index is 9.32. The molecular formula is C9H14ClNO2. The molecule has 0 radical (unpaired) electrons. The van der Waals surface area contributed by atoms with Crippen LogP contribution >= 0.6 is 12.4 Å². The first-order valence-electron chi connectivity index (χ1n) is 3.89. The number of rotatable bonds is 3. The Bertz CT molecular complexity index is 266. The zero-order valence-corrected chi connectivity index (χ0v) is 8.27. The van der Waals surface area contributed by atoms with Gasteiger partial charge in [-0.1, -0.05) is 0 Å². The first kappa shape index (κ1) is 12.1. The van der Waals surface area contributed by atoms with E-state index in [4.69, 9.17) is 5.11 Å². The number of benzene rings is 1. The first-order chi connectivity index (χ1) is 5.74. The largest absolute Gasteiger partial charge is 0.508 e. The Hall–Kier alpha value is -0.930. The maximum Gasteiger partial charge on any atom is 0.119 e. The predicted molar refractivity (Wildman–Crippen MR) is 54.7 cm³/mol. The minimum absolute atomic E-state index is 0. The van der Waals surface area contributed by atoms with E-state index in [2.05, 4.69) is 5.32 Å². The molecule has 0 heterocycles. The SMILES string of the molecule is CNCCc1cc(O)ccc1O.Cl. The third kappa shape index (κ3) is 3.53. The number of aromatic hydroxyl groups is 2. The highest BCUT2D eigenvalue weighted by molar-refractivity contribution is 5.85. The molecule has 0 saturated carbocycles. The van der Waals surface area contributed by atoms with Crippen LogP contribution in [-0.4, -0.2) is 23.8 Å². The monoisotopic (exact) mass is 203 g/mol. The molecule has 0 unspecified atom stereocenters. The van der Waals surface area contributed by atoms with Crippen molar-refractivity contribution < 1.29 is 10.2 Å². The summed E-state index contributed by atoms with van der Waals surface area (Å²) >= 11 is 0. The van der Waals surface area contributed by atoms with Gasteiger partial charge in [-0.3, -0.25) is 0 Å². The number of nitrogens with one attached hydrogen (secondary N) is 1. The molecule has 0 saturated heterocycles. The summed E-state index contributed by atoms with van der Waals surface area (Å²) in [5.41, 5.74) is 0.768. The van der Waals surface area contributed by atoms with Gasteiger partial charge in [0.15, 0.2) is 0 Å². The van der Waals surface area contributed by atoms with Crippen molar-refractivity contribution in [3.8, 4) is 11.5 Å². The Labute approximate surface area is 83.8 Å². The van der Waals surface area contributed by atoms with Crippen LogP contribution in [0.15, 0.2) is 18.2 Å². The van der Waals surface area contributed by atoms with Crippen molar-refractivity contribution in [1.82, 2.24) is 5.32 Å². The fraction of sp³-hybridized carbons (Fsp3) is 0.333. The molecule has 0 spiro atoms. The molecule has 0 aliphatic rings. The summed E-state index contributed by atoms with van der Waals surface area (Å²) in [6.07, 6.45) is 0.719. The quantitative estimate of drug-likeness (QED) is 0.649. The van der Waals surface area contributed by atoms with Gasteiger partial charge >= 0.3 is 0 Å². The molecule has 3 N–H and O–H groups in total. The molecule has 0 fully saturated rings. The third-order valence-corrected chi connectivity index (χ3v) is 1.71. The predicted octanol–water partition coefficient (Wildman–Crippen LogP) is 1.28. The third-order valence-electron chi connectivity index (χ3n) is 1.71. The molecule has 1 rings (SSSR count). The van der Waals surface area contributed by atoms with Gasteiger partial charge in [-0.05, 0) is 43.8 Å². The second-order valence-electron chi connectivity index (χ2n) is 2.67. The van der Waals surface area contributed by atoms with E-state index in [1.54, 1.807) is 6.07 Å². The number of hydrogen-bond donors (Lipinski definition) is 3. The molecule has 1 aromatic carbocycles. The van der Waals surface area contributed by atoms with Gasteiger partial charge in [-0.15, -0.1) is 12.4 Å². The lowest BCUT2D eigenvalue weighted by Crippen LogP contribution is -2.10. The molecule has 0 aromatic heterocycles. The van der Waals surface area contributed by atoms with Gasteiger partial charge in [-0.25, -0.2) is 0 Å². The lowest BCUT2D eigenvalue weighted by molar-refractivity contribution is 0.453. The summed E-state index contributed by atoms with van der Waals surface area (Å²) in [6.45, 7) is 0.789. The van der Waals surface area contributed by atoms with Gasteiger partial charge in [0.1, 0.15) is 11.5 Å². The Kier molecular flexibility index (Phi) is 5.26. The van der Waals surface area contributed by atoms with E-state index < -0.39 is 0 Å². The van der Waals surface area contributed by atoms with E-state index in [1.165, 1.54) is 12.1 Å². The van der Waals surface area contributed by atoms with Crippen LogP contribution < -0.4 is 5.32 Å². The van der Waals surface area contributed by atoms with Crippen molar-refractivity contribution >= 4 is 12.4 Å². The molecule has 0 atom stereocenters. The number of phenolic OH excluding ortho intramolecular Hbond substituents is 2. The van der Waals surface area contributed by atoms with Crippen molar-refractivity contribution in [2.75, 3.05) is 13.6 Å². The van der Waals surface area contributed by atoms with E-state index >= 15 is 0 Å². The van der Waals surface area contributed by atoms with Crippen LogP contribution in [0.1, 0.15) is 5.56 Å². The Morgan fingerprint density at radius 1 is 1.31 bits per heavy atom. The number of halogens is 1. The van der Waals surface area contributed by atoms with Crippen LogP contribution in [0.4, 0.5) is 0 Å². The molecule has 74 valence electrons. The summed E-state index contributed by atoms with van der Waals surface area (Å²) in [5.74, 6) is 0.432. The fourth-order valence-electron chi connectivity index (χ4n) is 1.03. The normalized spacial score (nSPS) is 9.31. The fourth-order valence-corrected chi connectivity index (χ4v) is 1.03. The summed E-state index contributed by atoms with van der Waals surface area (Å²) in [5, 5.41) is 21.4. The van der Waals surface area contributed by atoms with E-state index in [0.717, 1.165) is 18.5 Å². The van der Waals surface area contributed by atoms with Crippen LogP contribution in [0.25, 0.3) is 0 Å². The zero-order chi connectivity index (χ0) is 8.97. The van der Waals surface area contributed by atoms with Crippen molar-refractivity contribution in [3.05, 3.63) is 23.8 Å². The molecule has 13 heavy (non-hydrogen) atoms. The van der Waals surface area contributed by atoms with E-state index in [0.29, 0.717) is 0 Å². The summed E-state index contributed by atoms with van der Waals surface area (Å²) < 4.78 is 0. The van der Waals surface area contributed by atoms with Crippen molar-refractivity contribution in [1.29, 1.82) is 0 Å². The number of phenols is 2. The van der Waals surface area contributed by atoms with Gasteiger partial charge in [0.05, 0.1) is 0 Å². The summed E-state index contributed by atoms with van der Waals surface area (Å²) in [7, 11) is 1.85. The maximum atomic E-state index is 9.32. The average molecular weight is 204 g/mol. The first-order valence-corrected chi connectivity index (χ1v) is 3.89. The number of likely N-dealkylation sites (N-methyl/N-ethyl adjacent to an activating group) is 1. The summed E-state index contributed by atoms with van der Waals surface area (Å²) in [6, 6.07) is 4.55. The highest BCUT2D eigenvalue weighted by Crippen LogP contribution is 2.21. The van der Waals surface area contributed by atoms with Crippen LogP contribution in [-0.2, 0) is 6.42 Å². The van der Waals surface area contributed by atoms with E-state index in [1.807, 2.05) is 7.05 Å². The molecule has 3 nitrogen and oxygen atoms in total. The molecule has 0 bridgehead atoms. The second-order valence-corrected chi connectivity index (χ2v) is 2.67. The lowest BCUT2D eigenvalue weighted by atomic mass is 10.1. The van der Waals surface area contributed by atoms with Gasteiger partial charge in [0, 0.05) is 0 Å². The minimum atomic E-state index is 0. The molecule has 1 aromatic rings. The molecular weight excluding hydrogens is 190 g/mol. The van der Waals surface area contributed by atoms with E-state index in [9.17, 15) is 5.11 Å². The van der Waals surface area contributed by atoms with Gasteiger partial charge in [0.2, 0.25) is 0 Å². The van der Waals surface area contributed by atoms with E-state index in [-0.39, 0.29) is 23.9 Å². The molecule has 0 amide bonds. The average Bonchev–Trinajstić information content (AvgIpc) is 2.07. The van der Waals surface area contributed by atoms with Crippen molar-refractivity contribution in [2.24, 2.45) is 0 Å². The smallest absolute Gasteiger partial charge is 0.119 e. The molecule has 4 heteroatoms. The van der Waals surface area contributed by atoms with Gasteiger partial charge in [-0.2, -0.15) is 0 Å². The topological polar surface area (TPSA) is 52.5 Å². The van der Waals surface area contributed by atoms with Crippen LogP contribution in [0.3, 0.4) is 0 Å². The minimum Gasteiger partial charge on any atom is -0.508 e. The standard InChI is InChI=1S/C9H13NO2.ClH/c1-10-5-4-7-6-8(11)2-3-9(7)12;/h2-3,6,10-12H,4-5H2,1H3;1H. The van der Waals surface area contributed by atoms with Gasteiger partial charge in [0.25, 0.3) is 0 Å². The number of hydrogen-bond acceptors (Lipinski definition) is 3. The van der Waals surface area contributed by atoms with Gasteiger partial charge < -0.3 is 15.5 Å². The lowest BCUT2D eigenvalue weighted by Gasteiger charge is -2.03. The summed E-state index contributed by atoms with van der Waals surface area (Å²) in [4.78, 5) is 0. The highest BCUT2D eigenvalue weighted by Gasteiger charge is 2.00. The zero-order valence-electron chi connectivity index (χ0n) is 7.45. The Morgan fingerprint density at radius 3 is 2.62 bits per heavy atom. The van der Waals surface area contributed by atoms with Crippen LogP contribution in [0.2, 0.25) is 0 Å². The Morgan fingerprint density at radius 2 is 2.00 bits per heavy atom. The van der Waals surface area contributed by atoms with Crippen molar-refractivity contribution in [3.63, 3.8) is 0 Å². The van der Waals surface area contributed by atoms with Crippen LogP contribution in [0.5, 0.6) is 11.5 Å². The second kappa shape index (κ2) is 5.67. The molecule has 0 aliphatic carbocycles. The van der Waals surface area contributed by atoms with Crippen LogP contribution in [0, 0.1) is 0 Å². The molecule has 0 aliphatic heterocycles. The Balaban J connectivity index is 0.00000144.